The van der Waals surface area contributed by atoms with E-state index in [1.54, 1.807) is 6.07 Å². The lowest BCUT2D eigenvalue weighted by atomic mass is 10.2. The first-order valence-electron chi connectivity index (χ1n) is 6.16. The van der Waals surface area contributed by atoms with Crippen LogP contribution in [0, 0.1) is 3.57 Å². The summed E-state index contributed by atoms with van der Waals surface area (Å²) in [4.78, 5) is 19.3. The fourth-order valence-corrected chi connectivity index (χ4v) is 2.30. The molecule has 5 nitrogen and oxygen atoms in total. The summed E-state index contributed by atoms with van der Waals surface area (Å²) < 4.78 is 1.12. The van der Waals surface area contributed by atoms with Crippen LogP contribution in [-0.2, 0) is 0 Å². The molecule has 0 aliphatic carbocycles. The molecule has 0 atom stereocenters. The van der Waals surface area contributed by atoms with Gasteiger partial charge in [0.25, 0.3) is 0 Å². The Balaban J connectivity index is 2.11. The van der Waals surface area contributed by atoms with Crippen LogP contribution in [0.15, 0.2) is 48.5 Å². The van der Waals surface area contributed by atoms with E-state index in [1.807, 2.05) is 42.5 Å². The van der Waals surface area contributed by atoms with E-state index in [0.29, 0.717) is 11.3 Å². The Kier molecular flexibility index (Phi) is 3.70. The Morgan fingerprint density at radius 3 is 2.48 bits per heavy atom. The number of carboxylic acids is 1. The van der Waals surface area contributed by atoms with E-state index in [1.165, 1.54) is 0 Å². The topological polar surface area (TPSA) is 75.1 Å². The minimum absolute atomic E-state index is 0.221. The first-order chi connectivity index (χ1) is 10.1. The number of aromatic carboxylic acids is 1. The molecule has 1 heterocycles. The number of nitrogens with zero attached hydrogens (tertiary/aromatic N) is 2. The monoisotopic (exact) mass is 391 g/mol. The number of fused-ring (bicyclic) bond motifs is 1. The summed E-state index contributed by atoms with van der Waals surface area (Å²) in [7, 11) is 0. The predicted molar refractivity (Wildman–Crippen MR) is 88.9 cm³/mol. The molecule has 0 bridgehead atoms. The number of halogens is 1. The molecular formula is C15H10IN3O2. The molecule has 21 heavy (non-hydrogen) atoms. The molecule has 6 heteroatoms. The van der Waals surface area contributed by atoms with E-state index in [2.05, 4.69) is 37.9 Å². The molecule has 1 aromatic heterocycles. The van der Waals surface area contributed by atoms with Gasteiger partial charge in [0.15, 0.2) is 0 Å². The first-order valence-corrected chi connectivity index (χ1v) is 7.24. The smallest absolute Gasteiger partial charge is 0.374 e. The molecule has 0 unspecified atom stereocenters. The van der Waals surface area contributed by atoms with Gasteiger partial charge in [-0.15, -0.1) is 0 Å². The average Bonchev–Trinajstić information content (AvgIpc) is 2.49. The lowest BCUT2D eigenvalue weighted by Crippen LogP contribution is -2.07. The number of anilines is 2. The second-order valence-corrected chi connectivity index (χ2v) is 5.60. The van der Waals surface area contributed by atoms with E-state index in [0.717, 1.165) is 14.6 Å². The minimum atomic E-state index is -1.15. The zero-order chi connectivity index (χ0) is 14.8. The van der Waals surface area contributed by atoms with Crippen LogP contribution in [0.3, 0.4) is 0 Å². The average molecular weight is 391 g/mol. The SMILES string of the molecule is O=C(O)c1nc(Nc2ccc(I)cc2)c2ccccc2n1. The van der Waals surface area contributed by atoms with E-state index >= 15 is 0 Å². The number of para-hydroxylation sites is 1. The molecule has 0 saturated carbocycles. The molecule has 3 aromatic rings. The minimum Gasteiger partial charge on any atom is -0.475 e. The summed E-state index contributed by atoms with van der Waals surface area (Å²) in [6.07, 6.45) is 0. The molecule has 3 rings (SSSR count). The van der Waals surface area contributed by atoms with E-state index in [9.17, 15) is 4.79 Å². The molecule has 0 spiro atoms. The van der Waals surface area contributed by atoms with Crippen molar-refractivity contribution in [2.45, 2.75) is 0 Å². The summed E-state index contributed by atoms with van der Waals surface area (Å²) in [6, 6.07) is 15.1. The van der Waals surface area contributed by atoms with Gasteiger partial charge in [-0.2, -0.15) is 0 Å². The van der Waals surface area contributed by atoms with Gasteiger partial charge in [-0.3, -0.25) is 0 Å². The number of carboxylic acid groups (broad SMARTS) is 1. The maximum Gasteiger partial charge on any atom is 0.374 e. The van der Waals surface area contributed by atoms with E-state index in [-0.39, 0.29) is 5.82 Å². The Bertz CT molecular complexity index is 819. The zero-order valence-corrected chi connectivity index (χ0v) is 12.9. The third kappa shape index (κ3) is 2.94. The second kappa shape index (κ2) is 5.65. The van der Waals surface area contributed by atoms with Crippen molar-refractivity contribution in [2.24, 2.45) is 0 Å². The summed E-state index contributed by atoms with van der Waals surface area (Å²) in [6.45, 7) is 0. The molecule has 0 radical (unpaired) electrons. The Morgan fingerprint density at radius 1 is 1.05 bits per heavy atom. The van der Waals surface area contributed by atoms with Crippen LogP contribution in [0.5, 0.6) is 0 Å². The predicted octanol–water partition coefficient (Wildman–Crippen LogP) is 3.68. The van der Waals surface area contributed by atoms with E-state index < -0.39 is 5.97 Å². The highest BCUT2D eigenvalue weighted by atomic mass is 127. The van der Waals surface area contributed by atoms with Crippen LogP contribution in [0.1, 0.15) is 10.6 Å². The van der Waals surface area contributed by atoms with Crippen LogP contribution in [-0.4, -0.2) is 21.0 Å². The maximum atomic E-state index is 11.1. The van der Waals surface area contributed by atoms with Crippen LogP contribution in [0.25, 0.3) is 10.9 Å². The van der Waals surface area contributed by atoms with Gasteiger partial charge < -0.3 is 10.4 Å². The summed E-state index contributed by atoms with van der Waals surface area (Å²) in [5.41, 5.74) is 1.44. The van der Waals surface area contributed by atoms with Gasteiger partial charge in [0.1, 0.15) is 5.82 Å². The summed E-state index contributed by atoms with van der Waals surface area (Å²) in [5, 5.41) is 13.0. The van der Waals surface area contributed by atoms with Crippen LogP contribution in [0.2, 0.25) is 0 Å². The number of hydrogen-bond donors (Lipinski definition) is 2. The normalized spacial score (nSPS) is 10.5. The highest BCUT2D eigenvalue weighted by Gasteiger charge is 2.12. The maximum absolute atomic E-state index is 11.1. The van der Waals surface area contributed by atoms with Crippen molar-refractivity contribution in [3.05, 3.63) is 57.9 Å². The second-order valence-electron chi connectivity index (χ2n) is 4.35. The van der Waals surface area contributed by atoms with Gasteiger partial charge in [-0.25, -0.2) is 14.8 Å². The molecule has 2 N–H and O–H groups in total. The largest absolute Gasteiger partial charge is 0.475 e. The summed E-state index contributed by atoms with van der Waals surface area (Å²) in [5.74, 6) is -0.882. The molecule has 2 aromatic carbocycles. The van der Waals surface area contributed by atoms with Crippen molar-refractivity contribution in [3.8, 4) is 0 Å². The number of aromatic nitrogens is 2. The van der Waals surface area contributed by atoms with Crippen molar-refractivity contribution in [1.82, 2.24) is 9.97 Å². The van der Waals surface area contributed by atoms with E-state index in [4.69, 9.17) is 5.11 Å². The van der Waals surface area contributed by atoms with Crippen LogP contribution >= 0.6 is 22.6 Å². The first kappa shape index (κ1) is 13.7. The standard InChI is InChI=1S/C15H10IN3O2/c16-9-5-7-10(8-6-9)17-13-11-3-1-2-4-12(11)18-14(19-13)15(20)21/h1-8H,(H,20,21)(H,17,18,19). The number of rotatable bonds is 3. The van der Waals surface area contributed by atoms with Crippen molar-refractivity contribution < 1.29 is 9.90 Å². The van der Waals surface area contributed by atoms with Gasteiger partial charge in [0, 0.05) is 14.6 Å². The quantitative estimate of drug-likeness (QED) is 0.667. The van der Waals surface area contributed by atoms with Gasteiger partial charge >= 0.3 is 5.97 Å². The van der Waals surface area contributed by atoms with Gasteiger partial charge in [0.2, 0.25) is 5.82 Å². The lowest BCUT2D eigenvalue weighted by Gasteiger charge is -2.09. The fourth-order valence-electron chi connectivity index (χ4n) is 1.94. The molecule has 0 saturated heterocycles. The molecule has 0 amide bonds. The number of carbonyl (C=O) groups is 1. The highest BCUT2D eigenvalue weighted by Crippen LogP contribution is 2.24. The number of hydrogen-bond acceptors (Lipinski definition) is 4. The van der Waals surface area contributed by atoms with Gasteiger partial charge in [0.05, 0.1) is 5.52 Å². The van der Waals surface area contributed by atoms with Crippen molar-refractivity contribution >= 4 is 51.0 Å². The third-order valence-electron chi connectivity index (χ3n) is 2.90. The van der Waals surface area contributed by atoms with Crippen LogP contribution in [0.4, 0.5) is 11.5 Å². The van der Waals surface area contributed by atoms with Gasteiger partial charge in [-0.1, -0.05) is 12.1 Å². The van der Waals surface area contributed by atoms with Crippen molar-refractivity contribution in [2.75, 3.05) is 5.32 Å². The molecule has 104 valence electrons. The Labute approximate surface area is 134 Å². The molecule has 0 aliphatic heterocycles. The third-order valence-corrected chi connectivity index (χ3v) is 3.62. The van der Waals surface area contributed by atoms with Crippen LogP contribution < -0.4 is 5.32 Å². The lowest BCUT2D eigenvalue weighted by molar-refractivity contribution is 0.0684. The molecule has 0 aliphatic rings. The molecule has 0 fully saturated rings. The van der Waals surface area contributed by atoms with Gasteiger partial charge in [-0.05, 0) is 59.0 Å². The zero-order valence-electron chi connectivity index (χ0n) is 10.7. The Morgan fingerprint density at radius 2 is 1.76 bits per heavy atom. The molecular weight excluding hydrogens is 381 g/mol. The number of benzene rings is 2. The van der Waals surface area contributed by atoms with Crippen molar-refractivity contribution in [1.29, 1.82) is 0 Å². The van der Waals surface area contributed by atoms with Crippen molar-refractivity contribution in [3.63, 3.8) is 0 Å². The highest BCUT2D eigenvalue weighted by molar-refractivity contribution is 14.1. The summed E-state index contributed by atoms with van der Waals surface area (Å²) >= 11 is 2.22. The Hall–Kier alpha value is -2.22. The fraction of sp³-hybridized carbons (Fsp3) is 0. The number of nitrogens with one attached hydrogen (secondary N) is 1.